The minimum atomic E-state index is 0.955. The van der Waals surface area contributed by atoms with Gasteiger partial charge in [-0.25, -0.2) is 0 Å². The second kappa shape index (κ2) is 63.9. The molecule has 0 rings (SSSR count). The molecule has 0 atom stereocenters. The van der Waals surface area contributed by atoms with Gasteiger partial charge in [0.2, 0.25) is 0 Å². The monoisotopic (exact) mass is 837 g/mol. The Morgan fingerprint density at radius 2 is 0.375 bits per heavy atom. The van der Waals surface area contributed by atoms with Crippen molar-refractivity contribution in [2.75, 3.05) is 17.3 Å². The molecule has 0 spiro atoms. The summed E-state index contributed by atoms with van der Waals surface area (Å²) in [5.74, 6) is 2.86. The van der Waals surface area contributed by atoms with E-state index < -0.39 is 0 Å². The molecule has 0 aliphatic heterocycles. The second-order valence-electron chi connectivity index (χ2n) is 14.2. The summed E-state index contributed by atoms with van der Waals surface area (Å²) >= 11 is 16.4. The van der Waals surface area contributed by atoms with Gasteiger partial charge in [0.15, 0.2) is 0 Å². The van der Waals surface area contributed by atoms with E-state index in [9.17, 15) is 0 Å². The molecule has 0 bridgehead atoms. The Kier molecular flexibility index (Phi) is 75.3. The van der Waals surface area contributed by atoms with Crippen molar-refractivity contribution in [1.29, 1.82) is 0 Å². The van der Waals surface area contributed by atoms with E-state index in [1.54, 1.807) is 22.5 Å². The van der Waals surface area contributed by atoms with E-state index in [0.717, 1.165) is 17.3 Å². The van der Waals surface area contributed by atoms with Gasteiger partial charge in [-0.2, -0.15) is 17.3 Å². The maximum atomic E-state index is 4.90. The van der Waals surface area contributed by atoms with E-state index in [4.69, 9.17) is 37.9 Å². The standard InChI is InChI=1S/3C12H26S.C8H17.Sn/c3*1-2-3-4-5-6-7-8-9-10-11-12-13;1-3-5-7-8-6-4-2;/h3*13H,2-12H2,1H3;1,3-8H2,2H3;/q;;;;+3/p-3. The van der Waals surface area contributed by atoms with Gasteiger partial charge in [0.1, 0.15) is 0 Å². The molecular weight excluding hydrogens is 743 g/mol. The molecule has 0 saturated heterocycles. The van der Waals surface area contributed by atoms with Crippen molar-refractivity contribution in [1.82, 2.24) is 0 Å². The first-order valence-electron chi connectivity index (χ1n) is 22.0. The van der Waals surface area contributed by atoms with E-state index in [1.165, 1.54) is 236 Å². The fourth-order valence-corrected chi connectivity index (χ4v) is 7.00. The second-order valence-corrected chi connectivity index (χ2v) is 16.8. The Morgan fingerprint density at radius 1 is 0.229 bits per heavy atom. The van der Waals surface area contributed by atoms with Crippen LogP contribution in [0, 0.1) is 0 Å². The molecule has 0 unspecified atom stereocenters. The van der Waals surface area contributed by atoms with Crippen LogP contribution in [0.25, 0.3) is 0 Å². The fraction of sp³-hybridized carbons (Fsp3) is 1.00. The van der Waals surface area contributed by atoms with Gasteiger partial charge in [0.05, 0.1) is 0 Å². The van der Waals surface area contributed by atoms with Gasteiger partial charge in [-0.1, -0.05) is 213 Å². The summed E-state index contributed by atoms with van der Waals surface area (Å²) in [5.41, 5.74) is 0. The molecule has 290 valence electrons. The van der Waals surface area contributed by atoms with Crippen LogP contribution in [-0.2, 0) is 37.9 Å². The predicted octanol–water partition coefficient (Wildman–Crippen LogP) is 16.3. The van der Waals surface area contributed by atoms with E-state index in [1.807, 2.05) is 0 Å². The third-order valence-corrected chi connectivity index (χ3v) is 10.9. The fourth-order valence-electron chi connectivity index (χ4n) is 5.67. The van der Waals surface area contributed by atoms with Crippen molar-refractivity contribution in [3.05, 3.63) is 0 Å². The maximum absolute atomic E-state index is 4.90. The Balaban J connectivity index is -0.000000271. The van der Waals surface area contributed by atoms with Crippen LogP contribution in [0.15, 0.2) is 0 Å². The number of unbranched alkanes of at least 4 members (excludes halogenated alkanes) is 32. The molecule has 0 fully saturated rings. The molecule has 48 heavy (non-hydrogen) atoms. The topological polar surface area (TPSA) is 0 Å². The molecule has 0 saturated carbocycles. The molecule has 0 heterocycles. The van der Waals surface area contributed by atoms with Gasteiger partial charge < -0.3 is 37.9 Å². The molecule has 0 radical (unpaired) electrons. The molecule has 0 aliphatic carbocycles. The Hall–Kier alpha value is 1.85. The molecule has 0 nitrogen and oxygen atoms in total. The van der Waals surface area contributed by atoms with Crippen molar-refractivity contribution in [2.24, 2.45) is 0 Å². The first-order chi connectivity index (χ1) is 23.7. The molecule has 0 aromatic carbocycles. The van der Waals surface area contributed by atoms with Crippen LogP contribution in [0.4, 0.5) is 0 Å². The van der Waals surface area contributed by atoms with Crippen molar-refractivity contribution in [3.8, 4) is 0 Å². The molecule has 0 aromatic heterocycles. The Labute approximate surface area is 338 Å². The van der Waals surface area contributed by atoms with E-state index >= 15 is 0 Å². The van der Waals surface area contributed by atoms with Crippen molar-refractivity contribution in [2.45, 2.75) is 263 Å². The van der Waals surface area contributed by atoms with Gasteiger partial charge in [-0.3, -0.25) is 0 Å². The molecule has 0 aromatic rings. The molecule has 0 N–H and O–H groups in total. The van der Waals surface area contributed by atoms with Gasteiger partial charge in [-0.15, -0.1) is 0 Å². The summed E-state index contributed by atoms with van der Waals surface area (Å²) in [7, 11) is 0. The third-order valence-electron chi connectivity index (χ3n) is 9.02. The Bertz CT molecular complexity index is 361. The van der Waals surface area contributed by atoms with Gasteiger partial charge in [0.25, 0.3) is 0 Å². The summed E-state index contributed by atoms with van der Waals surface area (Å²) in [6.07, 6.45) is 50.8. The molecule has 0 aliphatic rings. The van der Waals surface area contributed by atoms with Crippen LogP contribution >= 0.6 is 0 Å². The zero-order valence-electron chi connectivity index (χ0n) is 34.0. The normalized spacial score (nSPS) is 10.5. The molecule has 4 heteroatoms. The quantitative estimate of drug-likeness (QED) is 0.0351. The summed E-state index contributed by atoms with van der Waals surface area (Å²) < 4.78 is 1.46. The van der Waals surface area contributed by atoms with Gasteiger partial charge in [-0.05, 0) is 0 Å². The number of hydrogen-bond donors (Lipinski definition) is 0. The number of hydrogen-bond acceptors (Lipinski definition) is 3. The van der Waals surface area contributed by atoms with Crippen LogP contribution in [0.5, 0.6) is 0 Å². The van der Waals surface area contributed by atoms with Crippen molar-refractivity contribution >= 4 is 60.4 Å². The van der Waals surface area contributed by atoms with Crippen LogP contribution in [-0.4, -0.2) is 39.8 Å². The molecular formula is C44H92S3Sn. The SMILES string of the molecule is CCCCCCCCCCCC[S-].CCCCCCCCCCCC[S-].CCCCCCCCCCCC[S-].CCCCCCC[CH2][Sn+3]. The van der Waals surface area contributed by atoms with Gasteiger partial charge in [0, 0.05) is 0 Å². The summed E-state index contributed by atoms with van der Waals surface area (Å²) in [5, 5.41) is 0. The first-order valence-corrected chi connectivity index (χ1v) is 25.8. The van der Waals surface area contributed by atoms with E-state index in [0.29, 0.717) is 0 Å². The van der Waals surface area contributed by atoms with Crippen LogP contribution in [0.3, 0.4) is 0 Å². The third kappa shape index (κ3) is 73.3. The zero-order valence-corrected chi connectivity index (χ0v) is 39.3. The average Bonchev–Trinajstić information content (AvgIpc) is 3.10. The first kappa shape index (κ1) is 56.6. The van der Waals surface area contributed by atoms with Crippen LogP contribution in [0.2, 0.25) is 4.44 Å². The van der Waals surface area contributed by atoms with E-state index in [2.05, 4.69) is 27.7 Å². The van der Waals surface area contributed by atoms with Gasteiger partial charge >= 0.3 is 72.4 Å². The van der Waals surface area contributed by atoms with Crippen molar-refractivity contribution < 1.29 is 0 Å². The summed E-state index contributed by atoms with van der Waals surface area (Å²) in [4.78, 5) is 0. The molecule has 0 amide bonds. The van der Waals surface area contributed by atoms with E-state index in [-0.39, 0.29) is 0 Å². The predicted molar refractivity (Wildman–Crippen MR) is 236 cm³/mol. The van der Waals surface area contributed by atoms with Crippen molar-refractivity contribution in [3.63, 3.8) is 0 Å². The summed E-state index contributed by atoms with van der Waals surface area (Å²) in [6, 6.07) is 0. The minimum absolute atomic E-state index is 0.955. The summed E-state index contributed by atoms with van der Waals surface area (Å²) in [6.45, 7) is 9.09. The Morgan fingerprint density at radius 3 is 0.521 bits per heavy atom. The average molecular weight is 836 g/mol. The van der Waals surface area contributed by atoms with Crippen LogP contribution in [0.1, 0.15) is 259 Å². The number of rotatable bonds is 36. The zero-order chi connectivity index (χ0) is 36.3. The van der Waals surface area contributed by atoms with Crippen LogP contribution < -0.4 is 0 Å².